The molecule has 1 aromatic heterocycles. The van der Waals surface area contributed by atoms with Crippen LogP contribution in [0.25, 0.3) is 0 Å². The first kappa shape index (κ1) is 19.5. The van der Waals surface area contributed by atoms with Crippen LogP contribution >= 0.6 is 11.6 Å². The van der Waals surface area contributed by atoms with Gasteiger partial charge in [-0.1, -0.05) is 35.9 Å². The number of ketones is 1. The molecule has 0 aliphatic heterocycles. The number of aromatic nitrogens is 2. The summed E-state index contributed by atoms with van der Waals surface area (Å²) in [7, 11) is 0. The van der Waals surface area contributed by atoms with Gasteiger partial charge in [-0.3, -0.25) is 9.59 Å². The monoisotopic (exact) mass is 394 g/mol. The highest BCUT2D eigenvalue weighted by molar-refractivity contribution is 6.30. The molecule has 6 nitrogen and oxygen atoms in total. The van der Waals surface area contributed by atoms with E-state index in [9.17, 15) is 9.59 Å². The van der Waals surface area contributed by atoms with Crippen LogP contribution in [0.5, 0.6) is 0 Å². The molecule has 2 N–H and O–H groups in total. The third kappa shape index (κ3) is 5.37. The van der Waals surface area contributed by atoms with Crippen molar-refractivity contribution in [2.45, 2.75) is 13.3 Å². The minimum absolute atomic E-state index is 0.0649. The van der Waals surface area contributed by atoms with Crippen LogP contribution in [0.4, 0.5) is 11.5 Å². The van der Waals surface area contributed by atoms with E-state index in [1.165, 1.54) is 6.92 Å². The van der Waals surface area contributed by atoms with Gasteiger partial charge in [0, 0.05) is 22.8 Å². The van der Waals surface area contributed by atoms with E-state index in [1.54, 1.807) is 36.4 Å². The summed E-state index contributed by atoms with van der Waals surface area (Å²) in [6.07, 6.45) is 0.813. The Morgan fingerprint density at radius 1 is 1.00 bits per heavy atom. The summed E-state index contributed by atoms with van der Waals surface area (Å²) >= 11 is 5.87. The number of anilines is 2. The van der Waals surface area contributed by atoms with E-state index in [2.05, 4.69) is 20.8 Å². The average molecular weight is 395 g/mol. The normalized spacial score (nSPS) is 10.4. The van der Waals surface area contributed by atoms with E-state index in [-0.39, 0.29) is 17.4 Å². The molecule has 3 rings (SSSR count). The molecule has 2 aromatic carbocycles. The summed E-state index contributed by atoms with van der Waals surface area (Å²) in [5.41, 5.74) is 2.42. The molecule has 1 amide bonds. The fourth-order valence-electron chi connectivity index (χ4n) is 2.54. The molecule has 0 atom stereocenters. The molecule has 0 saturated heterocycles. The van der Waals surface area contributed by atoms with E-state index in [1.807, 2.05) is 24.3 Å². The zero-order chi connectivity index (χ0) is 19.9. The molecule has 0 saturated carbocycles. The average Bonchev–Trinajstić information content (AvgIpc) is 2.70. The second-order valence-corrected chi connectivity index (χ2v) is 6.63. The van der Waals surface area contributed by atoms with Crippen LogP contribution < -0.4 is 10.6 Å². The van der Waals surface area contributed by atoms with E-state index < -0.39 is 0 Å². The first-order valence-electron chi connectivity index (χ1n) is 8.75. The molecule has 0 unspecified atom stereocenters. The molecule has 0 fully saturated rings. The Morgan fingerprint density at radius 3 is 2.46 bits per heavy atom. The molecule has 3 aromatic rings. The Kier molecular flexibility index (Phi) is 6.34. The maximum absolute atomic E-state index is 12.3. The number of Topliss-reactive ketones (excluding diaryl/α,β-unsaturated/α-hetero) is 1. The van der Waals surface area contributed by atoms with Crippen LogP contribution in [0.15, 0.2) is 60.7 Å². The highest BCUT2D eigenvalue weighted by Gasteiger charge is 2.10. The van der Waals surface area contributed by atoms with Crippen molar-refractivity contribution in [3.05, 3.63) is 82.5 Å². The van der Waals surface area contributed by atoms with Gasteiger partial charge in [-0.2, -0.15) is 0 Å². The number of carbonyl (C=O) groups excluding carboxylic acids is 2. The van der Waals surface area contributed by atoms with E-state index in [0.29, 0.717) is 28.6 Å². The summed E-state index contributed by atoms with van der Waals surface area (Å²) in [4.78, 5) is 23.7. The molecule has 7 heteroatoms. The number of rotatable bonds is 7. The fourth-order valence-corrected chi connectivity index (χ4v) is 2.67. The second-order valence-electron chi connectivity index (χ2n) is 6.20. The number of nitrogens with zero attached hydrogens (tertiary/aromatic N) is 2. The number of hydrogen-bond donors (Lipinski definition) is 2. The lowest BCUT2D eigenvalue weighted by atomic mass is 10.1. The van der Waals surface area contributed by atoms with Crippen molar-refractivity contribution in [1.82, 2.24) is 10.2 Å². The number of amides is 1. The first-order valence-corrected chi connectivity index (χ1v) is 9.13. The van der Waals surface area contributed by atoms with Crippen LogP contribution in [0.2, 0.25) is 5.02 Å². The van der Waals surface area contributed by atoms with Crippen molar-refractivity contribution < 1.29 is 9.59 Å². The number of hydrogen-bond acceptors (Lipinski definition) is 5. The Balaban J connectivity index is 1.54. The summed E-state index contributed by atoms with van der Waals surface area (Å²) < 4.78 is 0. The standard InChI is InChI=1S/C21H19ClN4O2/c1-14(27)16-3-2-4-18(13-16)24-21(28)19-9-10-20(26-25-19)23-12-11-15-5-7-17(22)8-6-15/h2-10,13H,11-12H2,1H3,(H,23,26)(H,24,28). The molecule has 1 heterocycles. The maximum atomic E-state index is 12.3. The van der Waals surface area contributed by atoms with E-state index in [0.717, 1.165) is 12.0 Å². The van der Waals surface area contributed by atoms with Gasteiger partial charge in [0.05, 0.1) is 0 Å². The van der Waals surface area contributed by atoms with Crippen LogP contribution in [0.1, 0.15) is 33.3 Å². The number of benzene rings is 2. The summed E-state index contributed by atoms with van der Waals surface area (Å²) in [6, 6.07) is 17.7. The predicted octanol–water partition coefficient (Wildman–Crippen LogP) is 4.24. The SMILES string of the molecule is CC(=O)c1cccc(NC(=O)c2ccc(NCCc3ccc(Cl)cc3)nn2)c1. The van der Waals surface area contributed by atoms with Crippen LogP contribution in [-0.2, 0) is 6.42 Å². The lowest BCUT2D eigenvalue weighted by Gasteiger charge is -2.07. The molecule has 28 heavy (non-hydrogen) atoms. The van der Waals surface area contributed by atoms with Gasteiger partial charge in [0.25, 0.3) is 5.91 Å². The lowest BCUT2D eigenvalue weighted by Crippen LogP contribution is -2.15. The molecular weight excluding hydrogens is 376 g/mol. The molecule has 0 aliphatic rings. The Bertz CT molecular complexity index is 972. The Hall–Kier alpha value is -3.25. The second kappa shape index (κ2) is 9.10. The van der Waals surface area contributed by atoms with Crippen LogP contribution in [-0.4, -0.2) is 28.4 Å². The molecule has 0 radical (unpaired) electrons. The number of carbonyl (C=O) groups is 2. The van der Waals surface area contributed by atoms with Crippen molar-refractivity contribution in [1.29, 1.82) is 0 Å². The van der Waals surface area contributed by atoms with E-state index in [4.69, 9.17) is 11.6 Å². The number of halogens is 1. The molecular formula is C21H19ClN4O2. The largest absolute Gasteiger partial charge is 0.368 e. The minimum atomic E-state index is -0.388. The van der Waals surface area contributed by atoms with Crippen molar-refractivity contribution in [2.24, 2.45) is 0 Å². The zero-order valence-corrected chi connectivity index (χ0v) is 16.0. The summed E-state index contributed by atoms with van der Waals surface area (Å²) in [5.74, 6) is 0.134. The third-order valence-corrected chi connectivity index (χ3v) is 4.31. The third-order valence-electron chi connectivity index (χ3n) is 4.06. The predicted molar refractivity (Wildman–Crippen MR) is 110 cm³/mol. The Morgan fingerprint density at radius 2 is 1.79 bits per heavy atom. The van der Waals surface area contributed by atoms with Crippen molar-refractivity contribution in [2.75, 3.05) is 17.2 Å². The van der Waals surface area contributed by atoms with Gasteiger partial charge in [0.15, 0.2) is 11.5 Å². The summed E-state index contributed by atoms with van der Waals surface area (Å²) in [5, 5.41) is 14.6. The van der Waals surface area contributed by atoms with Gasteiger partial charge in [0.2, 0.25) is 0 Å². The van der Waals surface area contributed by atoms with Gasteiger partial charge in [-0.05, 0) is 55.3 Å². The maximum Gasteiger partial charge on any atom is 0.276 e. The first-order chi connectivity index (χ1) is 13.5. The number of nitrogens with one attached hydrogen (secondary N) is 2. The smallest absolute Gasteiger partial charge is 0.276 e. The van der Waals surface area contributed by atoms with Gasteiger partial charge < -0.3 is 10.6 Å². The topological polar surface area (TPSA) is 84.0 Å². The highest BCUT2D eigenvalue weighted by Crippen LogP contribution is 2.13. The van der Waals surface area contributed by atoms with Gasteiger partial charge >= 0.3 is 0 Å². The Labute approximate surface area is 168 Å². The minimum Gasteiger partial charge on any atom is -0.368 e. The summed E-state index contributed by atoms with van der Waals surface area (Å²) in [6.45, 7) is 2.16. The van der Waals surface area contributed by atoms with Crippen molar-refractivity contribution >= 4 is 34.8 Å². The van der Waals surface area contributed by atoms with Gasteiger partial charge in [-0.15, -0.1) is 10.2 Å². The van der Waals surface area contributed by atoms with Crippen molar-refractivity contribution in [3.63, 3.8) is 0 Å². The van der Waals surface area contributed by atoms with Crippen molar-refractivity contribution in [3.8, 4) is 0 Å². The van der Waals surface area contributed by atoms with Gasteiger partial charge in [-0.25, -0.2) is 0 Å². The fraction of sp³-hybridized carbons (Fsp3) is 0.143. The molecule has 0 aliphatic carbocycles. The van der Waals surface area contributed by atoms with Crippen LogP contribution in [0, 0.1) is 0 Å². The van der Waals surface area contributed by atoms with Crippen LogP contribution in [0.3, 0.4) is 0 Å². The molecule has 0 bridgehead atoms. The molecule has 142 valence electrons. The highest BCUT2D eigenvalue weighted by atomic mass is 35.5. The quantitative estimate of drug-likeness (QED) is 0.585. The zero-order valence-electron chi connectivity index (χ0n) is 15.3. The lowest BCUT2D eigenvalue weighted by molar-refractivity contribution is 0.100. The van der Waals surface area contributed by atoms with Gasteiger partial charge in [0.1, 0.15) is 5.82 Å². The van der Waals surface area contributed by atoms with E-state index >= 15 is 0 Å². The molecule has 0 spiro atoms.